The van der Waals surface area contributed by atoms with Crippen molar-refractivity contribution in [2.75, 3.05) is 6.54 Å². The van der Waals surface area contributed by atoms with Gasteiger partial charge in [0.1, 0.15) is 5.01 Å². The number of aromatic nitrogens is 1. The Morgan fingerprint density at radius 2 is 2.19 bits per heavy atom. The van der Waals surface area contributed by atoms with E-state index in [1.165, 1.54) is 36.4 Å². The molecule has 0 aliphatic heterocycles. The van der Waals surface area contributed by atoms with Gasteiger partial charge in [-0.25, -0.2) is 4.98 Å². The molecule has 90 valence electrons. The lowest BCUT2D eigenvalue weighted by atomic mass is 10.1. The molecule has 2 rings (SSSR count). The third kappa shape index (κ3) is 2.46. The van der Waals surface area contributed by atoms with Crippen LogP contribution in [0.25, 0.3) is 0 Å². The smallest absolute Gasteiger partial charge is 0.110 e. The minimum absolute atomic E-state index is 0.454. The van der Waals surface area contributed by atoms with E-state index in [9.17, 15) is 0 Å². The van der Waals surface area contributed by atoms with Crippen LogP contribution in [0.3, 0.4) is 0 Å². The zero-order valence-corrected chi connectivity index (χ0v) is 11.4. The minimum Gasteiger partial charge on any atom is -0.308 e. The molecular formula is C13H22N2S. The fourth-order valence-corrected chi connectivity index (χ4v) is 3.65. The second-order valence-electron chi connectivity index (χ2n) is 4.95. The van der Waals surface area contributed by atoms with Gasteiger partial charge in [-0.15, -0.1) is 11.3 Å². The molecule has 0 radical (unpaired) electrons. The van der Waals surface area contributed by atoms with E-state index in [4.69, 9.17) is 4.98 Å². The maximum atomic E-state index is 4.82. The van der Waals surface area contributed by atoms with Crippen molar-refractivity contribution in [3.63, 3.8) is 0 Å². The molecule has 0 aromatic carbocycles. The predicted octanol–water partition coefficient (Wildman–Crippen LogP) is 3.33. The summed E-state index contributed by atoms with van der Waals surface area (Å²) in [5.74, 6) is 0.623. The Bertz CT molecular complexity index is 322. The van der Waals surface area contributed by atoms with Crippen molar-refractivity contribution in [2.24, 2.45) is 5.92 Å². The second kappa shape index (κ2) is 5.28. The summed E-state index contributed by atoms with van der Waals surface area (Å²) in [5.41, 5.74) is 1.38. The van der Waals surface area contributed by atoms with Crippen LogP contribution < -0.4 is 5.32 Å². The third-order valence-corrected chi connectivity index (χ3v) is 4.40. The molecule has 2 nitrogen and oxygen atoms in total. The summed E-state index contributed by atoms with van der Waals surface area (Å²) < 4.78 is 0. The molecule has 0 amide bonds. The maximum Gasteiger partial charge on any atom is 0.110 e. The van der Waals surface area contributed by atoms with Crippen LogP contribution in [0.2, 0.25) is 0 Å². The van der Waals surface area contributed by atoms with Crippen molar-refractivity contribution in [1.29, 1.82) is 0 Å². The first kappa shape index (κ1) is 12.1. The topological polar surface area (TPSA) is 24.9 Å². The molecule has 1 heterocycles. The highest BCUT2D eigenvalue weighted by atomic mass is 32.1. The summed E-state index contributed by atoms with van der Waals surface area (Å²) in [7, 11) is 0. The SMILES string of the molecule is CCCNC(c1nc2c(s1)CCC2)C(C)C. The zero-order valence-electron chi connectivity index (χ0n) is 10.5. The van der Waals surface area contributed by atoms with E-state index in [0.717, 1.165) is 6.54 Å². The summed E-state index contributed by atoms with van der Waals surface area (Å²) >= 11 is 1.94. The predicted molar refractivity (Wildman–Crippen MR) is 70.0 cm³/mol. The average molecular weight is 238 g/mol. The Hall–Kier alpha value is -0.410. The van der Waals surface area contributed by atoms with Crippen LogP contribution in [0, 0.1) is 5.92 Å². The van der Waals surface area contributed by atoms with Gasteiger partial charge in [-0.1, -0.05) is 20.8 Å². The molecule has 1 aliphatic rings. The normalized spacial score (nSPS) is 16.8. The summed E-state index contributed by atoms with van der Waals surface area (Å²) in [6.07, 6.45) is 4.95. The molecule has 1 aromatic rings. The fraction of sp³-hybridized carbons (Fsp3) is 0.769. The molecule has 0 bridgehead atoms. The van der Waals surface area contributed by atoms with E-state index in [1.54, 1.807) is 4.88 Å². The monoisotopic (exact) mass is 238 g/mol. The highest BCUT2D eigenvalue weighted by Gasteiger charge is 2.23. The molecule has 1 aliphatic carbocycles. The third-order valence-electron chi connectivity index (χ3n) is 3.16. The minimum atomic E-state index is 0.454. The quantitative estimate of drug-likeness (QED) is 0.851. The molecule has 1 aromatic heterocycles. The molecule has 16 heavy (non-hydrogen) atoms. The zero-order chi connectivity index (χ0) is 11.5. The molecule has 1 atom stereocenters. The summed E-state index contributed by atoms with van der Waals surface area (Å²) in [6.45, 7) is 7.86. The van der Waals surface area contributed by atoms with Gasteiger partial charge in [0, 0.05) is 4.88 Å². The number of thiazole rings is 1. The first-order valence-electron chi connectivity index (χ1n) is 6.44. The van der Waals surface area contributed by atoms with Gasteiger partial charge in [0.15, 0.2) is 0 Å². The van der Waals surface area contributed by atoms with Crippen LogP contribution in [0.1, 0.15) is 55.2 Å². The van der Waals surface area contributed by atoms with Crippen LogP contribution in [0.5, 0.6) is 0 Å². The Labute approximate surface area is 102 Å². The van der Waals surface area contributed by atoms with Crippen molar-refractivity contribution in [1.82, 2.24) is 10.3 Å². The Morgan fingerprint density at radius 3 is 2.81 bits per heavy atom. The van der Waals surface area contributed by atoms with Gasteiger partial charge >= 0.3 is 0 Å². The van der Waals surface area contributed by atoms with Gasteiger partial charge < -0.3 is 5.32 Å². The first-order chi connectivity index (χ1) is 7.72. The van der Waals surface area contributed by atoms with Crippen molar-refractivity contribution in [2.45, 2.75) is 52.5 Å². The van der Waals surface area contributed by atoms with Crippen LogP contribution in [-0.4, -0.2) is 11.5 Å². The van der Waals surface area contributed by atoms with Crippen LogP contribution in [0.15, 0.2) is 0 Å². The molecule has 0 fully saturated rings. The summed E-state index contributed by atoms with van der Waals surface area (Å²) in [4.78, 5) is 6.36. The Morgan fingerprint density at radius 1 is 1.38 bits per heavy atom. The Balaban J connectivity index is 2.12. The van der Waals surface area contributed by atoms with E-state index in [0.29, 0.717) is 12.0 Å². The van der Waals surface area contributed by atoms with Crippen molar-refractivity contribution in [3.05, 3.63) is 15.6 Å². The van der Waals surface area contributed by atoms with E-state index in [-0.39, 0.29) is 0 Å². The number of hydrogen-bond donors (Lipinski definition) is 1. The molecule has 1 unspecified atom stereocenters. The summed E-state index contributed by atoms with van der Waals surface area (Å²) in [5, 5.41) is 4.93. The van der Waals surface area contributed by atoms with Crippen LogP contribution in [0.4, 0.5) is 0 Å². The van der Waals surface area contributed by atoms with Gasteiger partial charge in [-0.3, -0.25) is 0 Å². The number of nitrogens with one attached hydrogen (secondary N) is 1. The number of hydrogen-bond acceptors (Lipinski definition) is 3. The van der Waals surface area contributed by atoms with E-state index < -0.39 is 0 Å². The number of nitrogens with zero attached hydrogens (tertiary/aromatic N) is 1. The average Bonchev–Trinajstić information content (AvgIpc) is 2.77. The molecule has 1 N–H and O–H groups in total. The van der Waals surface area contributed by atoms with Gasteiger partial charge in [0.05, 0.1) is 11.7 Å². The van der Waals surface area contributed by atoms with Gasteiger partial charge in [0.25, 0.3) is 0 Å². The highest BCUT2D eigenvalue weighted by Crippen LogP contribution is 2.33. The lowest BCUT2D eigenvalue weighted by Gasteiger charge is -2.19. The summed E-state index contributed by atoms with van der Waals surface area (Å²) in [6, 6.07) is 0.454. The molecule has 3 heteroatoms. The van der Waals surface area contributed by atoms with Crippen molar-refractivity contribution >= 4 is 11.3 Å². The lowest BCUT2D eigenvalue weighted by molar-refractivity contribution is 0.411. The fourth-order valence-electron chi connectivity index (χ4n) is 2.25. The molecular weight excluding hydrogens is 216 g/mol. The van der Waals surface area contributed by atoms with Crippen LogP contribution in [-0.2, 0) is 12.8 Å². The molecule has 0 spiro atoms. The number of fused-ring (bicyclic) bond motifs is 1. The van der Waals surface area contributed by atoms with Gasteiger partial charge in [-0.2, -0.15) is 0 Å². The van der Waals surface area contributed by atoms with E-state index in [2.05, 4.69) is 26.1 Å². The molecule has 0 saturated carbocycles. The van der Waals surface area contributed by atoms with E-state index >= 15 is 0 Å². The number of rotatable bonds is 5. The maximum absolute atomic E-state index is 4.82. The highest BCUT2D eigenvalue weighted by molar-refractivity contribution is 7.11. The first-order valence-corrected chi connectivity index (χ1v) is 7.26. The standard InChI is InChI=1S/C13H22N2S/c1-4-8-14-12(9(2)3)13-15-10-6-5-7-11(10)16-13/h9,12,14H,4-8H2,1-3H3. The van der Waals surface area contributed by atoms with Crippen molar-refractivity contribution in [3.8, 4) is 0 Å². The molecule has 0 saturated heterocycles. The van der Waals surface area contributed by atoms with Crippen molar-refractivity contribution < 1.29 is 0 Å². The second-order valence-corrected chi connectivity index (χ2v) is 6.07. The lowest BCUT2D eigenvalue weighted by Crippen LogP contribution is -2.26. The van der Waals surface area contributed by atoms with E-state index in [1.807, 2.05) is 11.3 Å². The Kier molecular flexibility index (Phi) is 3.98. The van der Waals surface area contributed by atoms with Crippen LogP contribution >= 0.6 is 11.3 Å². The largest absolute Gasteiger partial charge is 0.308 e. The van der Waals surface area contributed by atoms with Gasteiger partial charge in [-0.05, 0) is 38.1 Å². The number of aryl methyl sites for hydroxylation is 2. The van der Waals surface area contributed by atoms with Gasteiger partial charge in [0.2, 0.25) is 0 Å².